The highest BCUT2D eigenvalue weighted by atomic mass is 16.2. The number of amides is 2. The molecule has 1 aliphatic heterocycles. The molecule has 1 N–H and O–H groups in total. The number of imidazole rings is 1. The number of hydrogen-bond donors (Lipinski definition) is 1. The predicted molar refractivity (Wildman–Crippen MR) is 116 cm³/mol. The van der Waals surface area contributed by atoms with Gasteiger partial charge in [0.1, 0.15) is 17.2 Å². The zero-order valence-corrected chi connectivity index (χ0v) is 17.2. The van der Waals surface area contributed by atoms with Gasteiger partial charge in [0, 0.05) is 30.8 Å². The molecule has 5 rings (SSSR count). The van der Waals surface area contributed by atoms with Gasteiger partial charge in [0.25, 0.3) is 0 Å². The maximum atomic E-state index is 13.2. The first-order chi connectivity index (χ1) is 14.6. The Labute approximate surface area is 175 Å². The van der Waals surface area contributed by atoms with Crippen LogP contribution in [-0.4, -0.2) is 38.7 Å². The van der Waals surface area contributed by atoms with E-state index in [1.807, 2.05) is 64.9 Å². The van der Waals surface area contributed by atoms with Gasteiger partial charge in [-0.15, -0.1) is 0 Å². The third-order valence-electron chi connectivity index (χ3n) is 6.43. The summed E-state index contributed by atoms with van der Waals surface area (Å²) in [6.07, 6.45) is 6.68. The fourth-order valence-corrected chi connectivity index (χ4v) is 4.82. The van der Waals surface area contributed by atoms with Gasteiger partial charge in [-0.1, -0.05) is 49.2 Å². The average Bonchev–Trinajstić information content (AvgIpc) is 3.48. The number of pyridine rings is 1. The predicted octanol–water partition coefficient (Wildman–Crippen LogP) is 4.04. The third kappa shape index (κ3) is 3.26. The molecule has 6 nitrogen and oxygen atoms in total. The highest BCUT2D eigenvalue weighted by Gasteiger charge is 2.39. The van der Waals surface area contributed by atoms with Crippen LogP contribution >= 0.6 is 0 Å². The Morgan fingerprint density at radius 3 is 2.63 bits per heavy atom. The first kappa shape index (κ1) is 18.9. The van der Waals surface area contributed by atoms with Crippen molar-refractivity contribution in [2.75, 3.05) is 11.9 Å². The number of rotatable bonds is 4. The fraction of sp³-hybridized carbons (Fsp3) is 0.375. The number of carbonyl (C=O) groups excluding carboxylic acids is 2. The quantitative estimate of drug-likeness (QED) is 0.716. The molecular formula is C24H26N4O2. The van der Waals surface area contributed by atoms with Crippen LogP contribution < -0.4 is 5.32 Å². The zero-order chi connectivity index (χ0) is 20.7. The molecule has 3 aromatic rings. The van der Waals surface area contributed by atoms with Gasteiger partial charge in [-0.25, -0.2) is 4.98 Å². The molecule has 1 saturated heterocycles. The van der Waals surface area contributed by atoms with Gasteiger partial charge in [-0.3, -0.25) is 14.0 Å². The monoisotopic (exact) mass is 402 g/mol. The number of nitrogens with one attached hydrogen (secondary N) is 1. The normalized spacial score (nSPS) is 19.7. The Morgan fingerprint density at radius 2 is 1.87 bits per heavy atom. The molecule has 0 spiro atoms. The smallest absolute Gasteiger partial charge is 0.230 e. The Morgan fingerprint density at radius 1 is 1.10 bits per heavy atom. The Balaban J connectivity index is 1.45. The molecule has 6 heteroatoms. The molecule has 2 fully saturated rings. The van der Waals surface area contributed by atoms with Gasteiger partial charge < -0.3 is 10.2 Å². The van der Waals surface area contributed by atoms with Crippen molar-refractivity contribution in [3.63, 3.8) is 0 Å². The lowest BCUT2D eigenvalue weighted by Gasteiger charge is -2.23. The third-order valence-corrected chi connectivity index (χ3v) is 6.43. The molecule has 30 heavy (non-hydrogen) atoms. The molecule has 2 aromatic heterocycles. The Hall–Kier alpha value is -3.15. The highest BCUT2D eigenvalue weighted by Crippen LogP contribution is 2.33. The fourth-order valence-electron chi connectivity index (χ4n) is 4.82. The minimum atomic E-state index is -0.322. The molecule has 2 aliphatic rings. The van der Waals surface area contributed by atoms with E-state index in [0.29, 0.717) is 24.8 Å². The summed E-state index contributed by atoms with van der Waals surface area (Å²) in [6, 6.07) is 14.2. The second kappa shape index (κ2) is 7.59. The van der Waals surface area contributed by atoms with Crippen LogP contribution in [0.1, 0.15) is 37.7 Å². The van der Waals surface area contributed by atoms with Crippen molar-refractivity contribution in [1.29, 1.82) is 0 Å². The van der Waals surface area contributed by atoms with E-state index < -0.39 is 0 Å². The largest absolute Gasteiger partial charge is 0.339 e. The van der Waals surface area contributed by atoms with Gasteiger partial charge >= 0.3 is 0 Å². The topological polar surface area (TPSA) is 66.7 Å². The van der Waals surface area contributed by atoms with E-state index in [2.05, 4.69) is 5.32 Å². The summed E-state index contributed by atoms with van der Waals surface area (Å²) in [5.41, 5.74) is 3.56. The van der Waals surface area contributed by atoms with Gasteiger partial charge in [0.2, 0.25) is 11.8 Å². The van der Waals surface area contributed by atoms with Crippen LogP contribution in [0.25, 0.3) is 16.9 Å². The molecule has 2 amide bonds. The van der Waals surface area contributed by atoms with E-state index in [0.717, 1.165) is 35.3 Å². The van der Waals surface area contributed by atoms with Crippen molar-refractivity contribution in [2.45, 2.75) is 45.1 Å². The average molecular weight is 402 g/mol. The molecule has 1 saturated carbocycles. The minimum absolute atomic E-state index is 0.107. The number of hydrogen-bond acceptors (Lipinski definition) is 3. The Kier molecular flexibility index (Phi) is 4.77. The van der Waals surface area contributed by atoms with Gasteiger partial charge in [-0.05, 0) is 31.4 Å². The number of benzene rings is 1. The summed E-state index contributed by atoms with van der Waals surface area (Å²) in [4.78, 5) is 32.5. The highest BCUT2D eigenvalue weighted by molar-refractivity contribution is 5.99. The molecule has 1 unspecified atom stereocenters. The van der Waals surface area contributed by atoms with E-state index in [1.54, 1.807) is 0 Å². The van der Waals surface area contributed by atoms with Gasteiger partial charge in [0.05, 0.1) is 5.92 Å². The van der Waals surface area contributed by atoms with Gasteiger partial charge in [-0.2, -0.15) is 0 Å². The lowest BCUT2D eigenvalue weighted by atomic mass is 10.1. The second-order valence-corrected chi connectivity index (χ2v) is 8.43. The first-order valence-corrected chi connectivity index (χ1v) is 10.8. The molecule has 154 valence electrons. The van der Waals surface area contributed by atoms with Crippen molar-refractivity contribution in [3.8, 4) is 11.3 Å². The number of nitrogens with zero attached hydrogens (tertiary/aromatic N) is 3. The lowest BCUT2D eigenvalue weighted by Crippen LogP contribution is -2.35. The second-order valence-electron chi connectivity index (χ2n) is 8.43. The number of likely N-dealkylation sites (tertiary alicyclic amines) is 1. The number of anilines is 1. The van der Waals surface area contributed by atoms with Crippen LogP contribution in [0.5, 0.6) is 0 Å². The van der Waals surface area contributed by atoms with Crippen molar-refractivity contribution in [1.82, 2.24) is 14.3 Å². The van der Waals surface area contributed by atoms with Crippen molar-refractivity contribution >= 4 is 23.3 Å². The van der Waals surface area contributed by atoms with E-state index >= 15 is 0 Å². The minimum Gasteiger partial charge on any atom is -0.339 e. The molecule has 1 atom stereocenters. The number of carbonyl (C=O) groups is 2. The van der Waals surface area contributed by atoms with Crippen LogP contribution in [0.3, 0.4) is 0 Å². The van der Waals surface area contributed by atoms with E-state index in [1.165, 1.54) is 12.8 Å². The van der Waals surface area contributed by atoms with Gasteiger partial charge in [0.15, 0.2) is 0 Å². The van der Waals surface area contributed by atoms with E-state index in [-0.39, 0.29) is 17.7 Å². The maximum Gasteiger partial charge on any atom is 0.230 e. The summed E-state index contributed by atoms with van der Waals surface area (Å²) in [7, 11) is 0. The molecule has 0 radical (unpaired) electrons. The summed E-state index contributed by atoms with van der Waals surface area (Å²) >= 11 is 0. The summed E-state index contributed by atoms with van der Waals surface area (Å²) < 4.78 is 1.93. The molecular weight excluding hydrogens is 376 g/mol. The van der Waals surface area contributed by atoms with Crippen LogP contribution in [0.4, 0.5) is 5.82 Å². The summed E-state index contributed by atoms with van der Waals surface area (Å²) in [5, 5.41) is 3.12. The Bertz CT molecular complexity index is 1100. The maximum absolute atomic E-state index is 13.2. The van der Waals surface area contributed by atoms with E-state index in [9.17, 15) is 9.59 Å². The number of aryl methyl sites for hydroxylation is 1. The molecule has 0 bridgehead atoms. The lowest BCUT2D eigenvalue weighted by molar-refractivity contribution is -0.129. The van der Waals surface area contributed by atoms with Crippen molar-refractivity contribution in [3.05, 3.63) is 54.2 Å². The standard InChI is InChI=1S/C24H26N4O2/c1-16-8-7-13-27-22(16)25-21(17-9-3-2-4-10-17)23(27)26-24(30)18-14-20(29)28(15-18)19-11-5-6-12-19/h2-4,7-10,13,18-19H,5-6,11-12,14-15H2,1H3,(H,26,30). The van der Waals surface area contributed by atoms with Crippen molar-refractivity contribution < 1.29 is 9.59 Å². The SMILES string of the molecule is Cc1cccn2c(NC(=O)C3CC(=O)N(C4CCCC4)C3)c(-c3ccccc3)nc12. The number of fused-ring (bicyclic) bond motifs is 1. The zero-order valence-electron chi connectivity index (χ0n) is 17.2. The molecule has 1 aliphatic carbocycles. The molecule has 1 aromatic carbocycles. The van der Waals surface area contributed by atoms with Crippen LogP contribution in [0.2, 0.25) is 0 Å². The molecule has 3 heterocycles. The van der Waals surface area contributed by atoms with Crippen LogP contribution in [0, 0.1) is 12.8 Å². The first-order valence-electron chi connectivity index (χ1n) is 10.8. The summed E-state index contributed by atoms with van der Waals surface area (Å²) in [5.74, 6) is 0.345. The number of aromatic nitrogens is 2. The van der Waals surface area contributed by atoms with E-state index in [4.69, 9.17) is 4.98 Å². The van der Waals surface area contributed by atoms with Crippen LogP contribution in [-0.2, 0) is 9.59 Å². The summed E-state index contributed by atoms with van der Waals surface area (Å²) in [6.45, 7) is 2.53. The van der Waals surface area contributed by atoms with Crippen molar-refractivity contribution in [2.24, 2.45) is 5.92 Å². The van der Waals surface area contributed by atoms with Crippen LogP contribution in [0.15, 0.2) is 48.7 Å².